The van der Waals surface area contributed by atoms with E-state index in [-0.39, 0.29) is 23.1 Å². The van der Waals surface area contributed by atoms with E-state index in [1.807, 2.05) is 19.1 Å². The summed E-state index contributed by atoms with van der Waals surface area (Å²) in [6, 6.07) is 27.4. The van der Waals surface area contributed by atoms with Crippen LogP contribution < -0.4 is 10.4 Å². The molecule has 0 saturated carbocycles. The van der Waals surface area contributed by atoms with E-state index >= 15 is 0 Å². The van der Waals surface area contributed by atoms with Gasteiger partial charge in [0.1, 0.15) is 0 Å². The van der Waals surface area contributed by atoms with E-state index in [9.17, 15) is 8.42 Å². The molecular formula is C27H34O5SSi. The molecule has 0 radical (unpaired) electrons. The second-order valence-corrected chi connectivity index (χ2v) is 15.1. The van der Waals surface area contributed by atoms with Gasteiger partial charge in [-0.15, -0.1) is 0 Å². The van der Waals surface area contributed by atoms with E-state index in [1.165, 1.54) is 10.4 Å². The number of aryl methyl sites for hydroxylation is 1. The van der Waals surface area contributed by atoms with Gasteiger partial charge in [0.05, 0.1) is 31.3 Å². The summed E-state index contributed by atoms with van der Waals surface area (Å²) in [7, 11) is -6.39. The maximum absolute atomic E-state index is 12.3. The van der Waals surface area contributed by atoms with Gasteiger partial charge in [-0.2, -0.15) is 8.42 Å². The molecule has 3 rings (SSSR count). The summed E-state index contributed by atoms with van der Waals surface area (Å²) >= 11 is 0. The van der Waals surface area contributed by atoms with Crippen molar-refractivity contribution < 1.29 is 21.8 Å². The van der Waals surface area contributed by atoms with Gasteiger partial charge in [-0.05, 0) is 34.5 Å². The normalized spacial score (nSPS) is 12.6. The van der Waals surface area contributed by atoms with Crippen molar-refractivity contribution in [2.75, 3.05) is 26.4 Å². The largest absolute Gasteiger partial charge is 0.405 e. The zero-order valence-corrected chi connectivity index (χ0v) is 22.2. The molecule has 0 aliphatic heterocycles. The van der Waals surface area contributed by atoms with Gasteiger partial charge in [0.2, 0.25) is 0 Å². The highest BCUT2D eigenvalue weighted by Crippen LogP contribution is 2.36. The highest BCUT2D eigenvalue weighted by atomic mass is 32.2. The van der Waals surface area contributed by atoms with Crippen molar-refractivity contribution in [1.29, 1.82) is 0 Å². The first-order valence-corrected chi connectivity index (χ1v) is 14.8. The van der Waals surface area contributed by atoms with Gasteiger partial charge in [-0.1, -0.05) is 99.1 Å². The fraction of sp³-hybridized carbons (Fsp3) is 0.333. The summed E-state index contributed by atoms with van der Waals surface area (Å²) in [5.74, 6) is 0. The first-order valence-electron chi connectivity index (χ1n) is 11.5. The third kappa shape index (κ3) is 6.23. The molecule has 0 aromatic heterocycles. The zero-order valence-electron chi connectivity index (χ0n) is 20.4. The van der Waals surface area contributed by atoms with Crippen molar-refractivity contribution in [2.24, 2.45) is 0 Å². The zero-order chi connectivity index (χ0) is 24.7. The molecule has 0 amide bonds. The molecule has 182 valence electrons. The molecule has 0 heterocycles. The van der Waals surface area contributed by atoms with Crippen LogP contribution in [0.25, 0.3) is 0 Å². The summed E-state index contributed by atoms with van der Waals surface area (Å²) in [5.41, 5.74) is 0.989. The molecule has 34 heavy (non-hydrogen) atoms. The predicted octanol–water partition coefficient (Wildman–Crippen LogP) is 4.29. The summed E-state index contributed by atoms with van der Waals surface area (Å²) in [6.45, 7) is 9.44. The van der Waals surface area contributed by atoms with Gasteiger partial charge in [0.15, 0.2) is 0 Å². The average Bonchev–Trinajstić information content (AvgIpc) is 2.81. The van der Waals surface area contributed by atoms with Gasteiger partial charge in [-0.3, -0.25) is 4.18 Å². The average molecular weight is 499 g/mol. The summed E-state index contributed by atoms with van der Waals surface area (Å²) in [6.07, 6.45) is 0. The Labute approximate surface area is 205 Å². The fourth-order valence-corrected chi connectivity index (χ4v) is 9.53. The smallest absolute Gasteiger partial charge is 0.297 e. The molecule has 0 aliphatic rings. The van der Waals surface area contributed by atoms with Crippen LogP contribution in [0.4, 0.5) is 0 Å². The van der Waals surface area contributed by atoms with Crippen LogP contribution in [0.15, 0.2) is 89.8 Å². The minimum Gasteiger partial charge on any atom is -0.405 e. The van der Waals surface area contributed by atoms with E-state index < -0.39 is 18.4 Å². The molecule has 0 spiro atoms. The first-order chi connectivity index (χ1) is 16.2. The second kappa shape index (κ2) is 11.4. The molecular weight excluding hydrogens is 464 g/mol. The van der Waals surface area contributed by atoms with Gasteiger partial charge < -0.3 is 9.16 Å². The van der Waals surface area contributed by atoms with Crippen molar-refractivity contribution in [2.45, 2.75) is 37.6 Å². The number of benzene rings is 3. The van der Waals surface area contributed by atoms with Crippen molar-refractivity contribution >= 4 is 28.8 Å². The minimum atomic E-state index is -3.79. The summed E-state index contributed by atoms with van der Waals surface area (Å²) < 4.78 is 42.1. The van der Waals surface area contributed by atoms with E-state index in [0.717, 1.165) is 5.56 Å². The molecule has 0 atom stereocenters. The molecule has 5 nitrogen and oxygen atoms in total. The summed E-state index contributed by atoms with van der Waals surface area (Å²) in [4.78, 5) is 0.146. The Morgan fingerprint density at radius 1 is 0.706 bits per heavy atom. The first kappa shape index (κ1) is 26.3. The van der Waals surface area contributed by atoms with Crippen LogP contribution in [0.5, 0.6) is 0 Å². The van der Waals surface area contributed by atoms with Crippen LogP contribution in [0.3, 0.4) is 0 Å². The highest BCUT2D eigenvalue weighted by molar-refractivity contribution is 7.86. The van der Waals surface area contributed by atoms with Crippen LogP contribution in [-0.4, -0.2) is 43.2 Å². The van der Waals surface area contributed by atoms with Gasteiger partial charge >= 0.3 is 0 Å². The van der Waals surface area contributed by atoms with E-state index in [1.54, 1.807) is 24.3 Å². The molecule has 0 unspecified atom stereocenters. The maximum Gasteiger partial charge on any atom is 0.297 e. The van der Waals surface area contributed by atoms with Crippen LogP contribution in [0.1, 0.15) is 26.3 Å². The highest BCUT2D eigenvalue weighted by Gasteiger charge is 2.49. The van der Waals surface area contributed by atoms with E-state index in [4.69, 9.17) is 13.3 Å². The SMILES string of the molecule is Cc1ccc(S(=O)(=O)OCCOCCO[Si](c2ccccc2)(c2ccccc2)C(C)(C)C)cc1. The lowest BCUT2D eigenvalue weighted by Crippen LogP contribution is -2.66. The third-order valence-corrected chi connectivity index (χ3v) is 12.1. The minimum absolute atomic E-state index is 0.0462. The molecule has 0 N–H and O–H groups in total. The molecule has 0 saturated heterocycles. The number of hydrogen-bond donors (Lipinski definition) is 0. The Hall–Kier alpha value is -2.29. The Morgan fingerprint density at radius 3 is 1.71 bits per heavy atom. The topological polar surface area (TPSA) is 61.8 Å². The quantitative estimate of drug-likeness (QED) is 0.224. The number of ether oxygens (including phenoxy) is 1. The van der Waals surface area contributed by atoms with Gasteiger partial charge in [-0.25, -0.2) is 0 Å². The number of rotatable bonds is 11. The van der Waals surface area contributed by atoms with Gasteiger partial charge in [0.25, 0.3) is 18.4 Å². The van der Waals surface area contributed by atoms with Crippen molar-refractivity contribution in [1.82, 2.24) is 0 Å². The van der Waals surface area contributed by atoms with Crippen LogP contribution in [0, 0.1) is 6.92 Å². The molecule has 3 aromatic carbocycles. The fourth-order valence-electron chi connectivity index (χ4n) is 4.09. The Balaban J connectivity index is 1.61. The lowest BCUT2D eigenvalue weighted by molar-refractivity contribution is 0.0755. The molecule has 7 heteroatoms. The van der Waals surface area contributed by atoms with Crippen molar-refractivity contribution in [3.05, 3.63) is 90.5 Å². The molecule has 3 aromatic rings. The Kier molecular flexibility index (Phi) is 8.84. The standard InChI is InChI=1S/C27H34O5SSi/c1-23-15-17-24(18-16-23)33(28,29)31-21-19-30-20-22-32-34(27(2,3)4,25-11-7-5-8-12-25)26-13-9-6-10-14-26/h5-18H,19-22H2,1-4H3. The molecule has 0 fully saturated rings. The van der Waals surface area contributed by atoms with Crippen LogP contribution in [0.2, 0.25) is 5.04 Å². The third-order valence-electron chi connectivity index (χ3n) is 5.74. The van der Waals surface area contributed by atoms with E-state index in [0.29, 0.717) is 13.2 Å². The Bertz CT molecular complexity index is 1090. The molecule has 0 bridgehead atoms. The maximum atomic E-state index is 12.3. The van der Waals surface area contributed by atoms with Gasteiger partial charge in [0, 0.05) is 0 Å². The van der Waals surface area contributed by atoms with Crippen LogP contribution in [-0.2, 0) is 23.5 Å². The lowest BCUT2D eigenvalue weighted by Gasteiger charge is -2.43. The Morgan fingerprint density at radius 2 is 1.21 bits per heavy atom. The number of hydrogen-bond acceptors (Lipinski definition) is 5. The predicted molar refractivity (Wildman–Crippen MR) is 139 cm³/mol. The van der Waals surface area contributed by atoms with E-state index in [2.05, 4.69) is 69.3 Å². The van der Waals surface area contributed by atoms with Crippen molar-refractivity contribution in [3.63, 3.8) is 0 Å². The lowest BCUT2D eigenvalue weighted by atomic mass is 10.2. The summed E-state index contributed by atoms with van der Waals surface area (Å²) in [5, 5.41) is 2.31. The van der Waals surface area contributed by atoms with Crippen LogP contribution >= 0.6 is 0 Å². The second-order valence-electron chi connectivity index (χ2n) is 9.21. The monoisotopic (exact) mass is 498 g/mol. The molecule has 0 aliphatic carbocycles. The van der Waals surface area contributed by atoms with Crippen molar-refractivity contribution in [3.8, 4) is 0 Å².